The number of rotatable bonds is 7. The number of nitrogens with one attached hydrogen (secondary N) is 3. The van der Waals surface area contributed by atoms with Crippen LogP contribution in [0.5, 0.6) is 0 Å². The number of carbonyl (C=O) groups is 2. The molecule has 0 bridgehead atoms. The molecule has 120 valence electrons. The molecule has 0 aliphatic rings. The van der Waals surface area contributed by atoms with Crippen LogP contribution in [0.1, 0.15) is 19.0 Å². The molecule has 0 spiro atoms. The number of aromatic nitrogens is 1. The van der Waals surface area contributed by atoms with E-state index in [1.807, 2.05) is 42.5 Å². The smallest absolute Gasteiger partial charge is 0.222 e. The maximum absolute atomic E-state index is 11.8. The Bertz CT molecular complexity index is 659. The van der Waals surface area contributed by atoms with E-state index in [2.05, 4.69) is 20.9 Å². The van der Waals surface area contributed by atoms with Crippen molar-refractivity contribution in [2.24, 2.45) is 0 Å². The minimum absolute atomic E-state index is 0.0406. The lowest BCUT2D eigenvalue weighted by atomic mass is 10.2. The van der Waals surface area contributed by atoms with Crippen LogP contribution in [0.2, 0.25) is 0 Å². The summed E-state index contributed by atoms with van der Waals surface area (Å²) in [7, 11) is 0. The van der Waals surface area contributed by atoms with Crippen LogP contribution in [-0.4, -0.2) is 23.3 Å². The van der Waals surface area contributed by atoms with Gasteiger partial charge in [0.1, 0.15) is 0 Å². The standard InChI is InChI=1S/C17H20N4O2/c1-13(22)21-15-7-4-6-14(11-15)19-10-8-17(23)20-12-16-5-2-3-9-18-16/h2-7,9,11,19H,8,10,12H2,1H3,(H,20,23)(H,21,22). The van der Waals surface area contributed by atoms with E-state index in [1.165, 1.54) is 6.92 Å². The zero-order valence-corrected chi connectivity index (χ0v) is 13.0. The van der Waals surface area contributed by atoms with Crippen LogP contribution < -0.4 is 16.0 Å². The maximum Gasteiger partial charge on any atom is 0.222 e. The summed E-state index contributed by atoms with van der Waals surface area (Å²) in [6.45, 7) is 2.40. The predicted octanol–water partition coefficient (Wildman–Crippen LogP) is 2.16. The molecule has 0 saturated heterocycles. The number of carbonyl (C=O) groups excluding carboxylic acids is 2. The van der Waals surface area contributed by atoms with Crippen LogP contribution in [0.15, 0.2) is 48.7 Å². The van der Waals surface area contributed by atoms with Crippen molar-refractivity contribution in [3.63, 3.8) is 0 Å². The molecule has 2 rings (SSSR count). The Hall–Kier alpha value is -2.89. The topological polar surface area (TPSA) is 83.1 Å². The van der Waals surface area contributed by atoms with Gasteiger partial charge in [0.05, 0.1) is 12.2 Å². The van der Waals surface area contributed by atoms with Gasteiger partial charge in [-0.1, -0.05) is 12.1 Å². The van der Waals surface area contributed by atoms with Gasteiger partial charge in [-0.05, 0) is 30.3 Å². The fourth-order valence-corrected chi connectivity index (χ4v) is 2.01. The molecule has 0 unspecified atom stereocenters. The lowest BCUT2D eigenvalue weighted by molar-refractivity contribution is -0.121. The van der Waals surface area contributed by atoms with E-state index in [1.54, 1.807) is 6.20 Å². The van der Waals surface area contributed by atoms with Crippen molar-refractivity contribution in [2.45, 2.75) is 19.9 Å². The summed E-state index contributed by atoms with van der Waals surface area (Å²) in [5, 5.41) is 8.70. The van der Waals surface area contributed by atoms with Gasteiger partial charge in [-0.25, -0.2) is 0 Å². The van der Waals surface area contributed by atoms with Gasteiger partial charge >= 0.3 is 0 Å². The number of hydrogen-bond donors (Lipinski definition) is 3. The normalized spacial score (nSPS) is 9.96. The summed E-state index contributed by atoms with van der Waals surface area (Å²) in [5.41, 5.74) is 2.41. The zero-order chi connectivity index (χ0) is 16.5. The van der Waals surface area contributed by atoms with Crippen LogP contribution in [0.4, 0.5) is 11.4 Å². The molecule has 1 heterocycles. The van der Waals surface area contributed by atoms with Crippen molar-refractivity contribution in [1.82, 2.24) is 10.3 Å². The van der Waals surface area contributed by atoms with Crippen molar-refractivity contribution < 1.29 is 9.59 Å². The Balaban J connectivity index is 1.72. The molecule has 23 heavy (non-hydrogen) atoms. The first-order valence-corrected chi connectivity index (χ1v) is 7.41. The third-order valence-corrected chi connectivity index (χ3v) is 3.06. The highest BCUT2D eigenvalue weighted by Crippen LogP contribution is 2.14. The number of nitrogens with zero attached hydrogens (tertiary/aromatic N) is 1. The number of anilines is 2. The molecular formula is C17H20N4O2. The Morgan fingerprint density at radius 1 is 1.09 bits per heavy atom. The van der Waals surface area contributed by atoms with E-state index in [0.717, 1.165) is 17.1 Å². The summed E-state index contributed by atoms with van der Waals surface area (Å²) in [6.07, 6.45) is 2.06. The molecule has 0 aliphatic carbocycles. The first-order valence-electron chi connectivity index (χ1n) is 7.41. The predicted molar refractivity (Wildman–Crippen MR) is 89.9 cm³/mol. The molecule has 1 aromatic carbocycles. The van der Waals surface area contributed by atoms with Crippen LogP contribution >= 0.6 is 0 Å². The van der Waals surface area contributed by atoms with Gasteiger partial charge in [-0.15, -0.1) is 0 Å². The van der Waals surface area contributed by atoms with Crippen molar-refractivity contribution in [3.8, 4) is 0 Å². The Morgan fingerprint density at radius 2 is 1.91 bits per heavy atom. The second-order valence-corrected chi connectivity index (χ2v) is 5.04. The van der Waals surface area contributed by atoms with Gasteiger partial charge in [-0.3, -0.25) is 14.6 Å². The van der Waals surface area contributed by atoms with Gasteiger partial charge in [0.15, 0.2) is 0 Å². The highest BCUT2D eigenvalue weighted by Gasteiger charge is 2.02. The average molecular weight is 312 g/mol. The minimum Gasteiger partial charge on any atom is -0.384 e. The monoisotopic (exact) mass is 312 g/mol. The molecule has 0 atom stereocenters. The van der Waals surface area contributed by atoms with E-state index in [4.69, 9.17) is 0 Å². The molecule has 6 nitrogen and oxygen atoms in total. The molecular weight excluding hydrogens is 292 g/mol. The van der Waals surface area contributed by atoms with Crippen LogP contribution in [-0.2, 0) is 16.1 Å². The molecule has 3 N–H and O–H groups in total. The van der Waals surface area contributed by atoms with Crippen molar-refractivity contribution >= 4 is 23.2 Å². The van der Waals surface area contributed by atoms with Crippen molar-refractivity contribution in [1.29, 1.82) is 0 Å². The molecule has 0 aliphatic heterocycles. The number of amides is 2. The lowest BCUT2D eigenvalue weighted by Gasteiger charge is -2.09. The highest BCUT2D eigenvalue weighted by atomic mass is 16.2. The van der Waals surface area contributed by atoms with Gasteiger partial charge in [0.2, 0.25) is 11.8 Å². The third kappa shape index (κ3) is 6.17. The number of hydrogen-bond acceptors (Lipinski definition) is 4. The first-order chi connectivity index (χ1) is 11.1. The fourth-order valence-electron chi connectivity index (χ4n) is 2.01. The summed E-state index contributed by atoms with van der Waals surface area (Å²) >= 11 is 0. The summed E-state index contributed by atoms with van der Waals surface area (Å²) in [6, 6.07) is 13.0. The van der Waals surface area contributed by atoms with Gasteiger partial charge in [0, 0.05) is 37.5 Å². The fraction of sp³-hybridized carbons (Fsp3) is 0.235. The molecule has 2 aromatic rings. The van der Waals surface area contributed by atoms with Crippen molar-refractivity contribution in [3.05, 3.63) is 54.4 Å². The van der Waals surface area contributed by atoms with Crippen LogP contribution in [0.3, 0.4) is 0 Å². The molecule has 1 aromatic heterocycles. The van der Waals surface area contributed by atoms with E-state index < -0.39 is 0 Å². The molecule has 0 radical (unpaired) electrons. The maximum atomic E-state index is 11.8. The van der Waals surface area contributed by atoms with Crippen LogP contribution in [0, 0.1) is 0 Å². The SMILES string of the molecule is CC(=O)Nc1cccc(NCCC(=O)NCc2ccccn2)c1. The van der Waals surface area contributed by atoms with Crippen molar-refractivity contribution in [2.75, 3.05) is 17.2 Å². The summed E-state index contributed by atoms with van der Waals surface area (Å²) in [4.78, 5) is 27.0. The molecule has 6 heteroatoms. The second-order valence-electron chi connectivity index (χ2n) is 5.04. The summed E-state index contributed by atoms with van der Waals surface area (Å²) < 4.78 is 0. The second kappa shape index (κ2) is 8.53. The quantitative estimate of drug-likeness (QED) is 0.731. The first kappa shape index (κ1) is 16.5. The lowest BCUT2D eigenvalue weighted by Crippen LogP contribution is -2.25. The Labute approximate surface area is 135 Å². The number of benzene rings is 1. The Morgan fingerprint density at radius 3 is 2.65 bits per heavy atom. The van der Waals surface area contributed by atoms with E-state index in [-0.39, 0.29) is 11.8 Å². The van der Waals surface area contributed by atoms with Gasteiger partial charge in [0.25, 0.3) is 0 Å². The van der Waals surface area contributed by atoms with E-state index >= 15 is 0 Å². The largest absolute Gasteiger partial charge is 0.384 e. The van der Waals surface area contributed by atoms with Gasteiger partial charge in [-0.2, -0.15) is 0 Å². The van der Waals surface area contributed by atoms with E-state index in [9.17, 15) is 9.59 Å². The zero-order valence-electron chi connectivity index (χ0n) is 13.0. The average Bonchev–Trinajstić information content (AvgIpc) is 2.54. The van der Waals surface area contributed by atoms with Gasteiger partial charge < -0.3 is 16.0 Å². The highest BCUT2D eigenvalue weighted by molar-refractivity contribution is 5.89. The summed E-state index contributed by atoms with van der Waals surface area (Å²) in [5.74, 6) is -0.155. The van der Waals surface area contributed by atoms with Crippen LogP contribution in [0.25, 0.3) is 0 Å². The minimum atomic E-state index is -0.115. The Kier molecular flexibility index (Phi) is 6.11. The number of pyridine rings is 1. The van der Waals surface area contributed by atoms with E-state index in [0.29, 0.717) is 19.5 Å². The molecule has 0 fully saturated rings. The third-order valence-electron chi connectivity index (χ3n) is 3.06. The molecule has 2 amide bonds. The molecule has 0 saturated carbocycles.